The van der Waals surface area contributed by atoms with E-state index in [9.17, 15) is 4.79 Å². The Morgan fingerprint density at radius 3 is 1.62 bits per heavy atom. The van der Waals surface area contributed by atoms with Crippen LogP contribution in [0.2, 0.25) is 10.0 Å². The summed E-state index contributed by atoms with van der Waals surface area (Å²) in [6.45, 7) is 10.4. The van der Waals surface area contributed by atoms with Crippen molar-refractivity contribution in [3.63, 3.8) is 0 Å². The van der Waals surface area contributed by atoms with Gasteiger partial charge in [0.15, 0.2) is 0 Å². The van der Waals surface area contributed by atoms with Crippen LogP contribution in [0.25, 0.3) is 0 Å². The van der Waals surface area contributed by atoms with Gasteiger partial charge in [-0.2, -0.15) is 0 Å². The van der Waals surface area contributed by atoms with Gasteiger partial charge in [-0.3, -0.25) is 0 Å². The van der Waals surface area contributed by atoms with Crippen LogP contribution in [0.3, 0.4) is 0 Å². The van der Waals surface area contributed by atoms with Crippen LogP contribution < -0.4 is 16.8 Å². The highest BCUT2D eigenvalue weighted by atomic mass is 35.5. The van der Waals surface area contributed by atoms with Crippen LogP contribution in [-0.4, -0.2) is 55.9 Å². The average Bonchev–Trinajstić information content (AvgIpc) is 2.89. The molecule has 0 radical (unpaired) electrons. The van der Waals surface area contributed by atoms with E-state index in [0.29, 0.717) is 19.6 Å². The molecule has 0 atom stereocenters. The Morgan fingerprint density at radius 2 is 1.24 bits per heavy atom. The fraction of sp³-hybridized carbons (Fsp3) is 0.552. The lowest BCUT2D eigenvalue weighted by molar-refractivity contribution is 0.0167. The van der Waals surface area contributed by atoms with Gasteiger partial charge in [0.1, 0.15) is 5.60 Å². The van der Waals surface area contributed by atoms with E-state index in [4.69, 9.17) is 39.4 Å². The van der Waals surface area contributed by atoms with E-state index in [-0.39, 0.29) is 16.9 Å². The summed E-state index contributed by atoms with van der Waals surface area (Å²) in [5.74, 6) is 0. The number of likely N-dealkylation sites (tertiary alicyclic amines) is 1. The van der Waals surface area contributed by atoms with Gasteiger partial charge in [0, 0.05) is 47.1 Å². The topological polar surface area (TPSA) is 93.6 Å². The van der Waals surface area contributed by atoms with Crippen molar-refractivity contribution < 1.29 is 9.53 Å². The average molecular weight is 550 g/mol. The number of rotatable bonds is 4. The molecule has 6 nitrogen and oxygen atoms in total. The lowest BCUT2D eigenvalue weighted by Gasteiger charge is -2.41. The lowest BCUT2D eigenvalue weighted by Crippen LogP contribution is -2.49. The summed E-state index contributed by atoms with van der Waals surface area (Å²) in [6, 6.07) is 16.0. The summed E-state index contributed by atoms with van der Waals surface area (Å²) in [4.78, 5) is 13.9. The maximum absolute atomic E-state index is 12.1. The molecule has 0 unspecified atom stereocenters. The number of carbonyl (C=O) groups is 1. The molecule has 0 saturated carbocycles. The van der Waals surface area contributed by atoms with E-state index in [0.717, 1.165) is 55.4 Å². The third kappa shape index (κ3) is 7.84. The van der Waals surface area contributed by atoms with Gasteiger partial charge >= 0.3 is 6.09 Å². The summed E-state index contributed by atoms with van der Waals surface area (Å²) in [5, 5.41) is 4.89. The Bertz CT molecular complexity index is 992. The number of hydrogen-bond acceptors (Lipinski definition) is 5. The van der Waals surface area contributed by atoms with E-state index in [1.54, 1.807) is 4.90 Å². The summed E-state index contributed by atoms with van der Waals surface area (Å²) < 4.78 is 5.44. The van der Waals surface area contributed by atoms with Gasteiger partial charge in [0.05, 0.1) is 0 Å². The number of ether oxygens (including phenoxy) is 1. The molecular weight excluding hydrogens is 507 g/mol. The van der Waals surface area contributed by atoms with Crippen molar-refractivity contribution in [2.45, 2.75) is 62.9 Å². The van der Waals surface area contributed by atoms with Crippen LogP contribution in [0, 0.1) is 0 Å². The zero-order valence-corrected chi connectivity index (χ0v) is 23.9. The zero-order chi connectivity index (χ0) is 27.1. The minimum Gasteiger partial charge on any atom is -0.444 e. The predicted molar refractivity (Wildman–Crippen MR) is 154 cm³/mol. The first-order valence-corrected chi connectivity index (χ1v) is 13.9. The maximum atomic E-state index is 12.1. The molecule has 5 N–H and O–H groups in total. The molecule has 2 aliphatic heterocycles. The minimum atomic E-state index is -0.463. The number of nitrogens with two attached hydrogens (primary N) is 2. The van der Waals surface area contributed by atoms with Crippen LogP contribution in [0.15, 0.2) is 48.5 Å². The fourth-order valence-electron chi connectivity index (χ4n) is 5.18. The van der Waals surface area contributed by atoms with Crippen molar-refractivity contribution >= 4 is 29.3 Å². The molecule has 0 bridgehead atoms. The number of carbonyl (C=O) groups excluding carboxylic acids is 1. The van der Waals surface area contributed by atoms with E-state index >= 15 is 0 Å². The summed E-state index contributed by atoms with van der Waals surface area (Å²) in [6.07, 6.45) is 3.67. The first-order valence-electron chi connectivity index (χ1n) is 13.1. The van der Waals surface area contributed by atoms with Crippen molar-refractivity contribution in [2.75, 3.05) is 39.3 Å². The highest BCUT2D eigenvalue weighted by molar-refractivity contribution is 6.30. The zero-order valence-electron chi connectivity index (χ0n) is 22.4. The Labute approximate surface area is 232 Å². The summed E-state index contributed by atoms with van der Waals surface area (Å²) in [7, 11) is 0. The second-order valence-electron chi connectivity index (χ2n) is 11.2. The molecule has 2 aliphatic rings. The van der Waals surface area contributed by atoms with Crippen LogP contribution in [-0.2, 0) is 15.6 Å². The second-order valence-corrected chi connectivity index (χ2v) is 12.1. The van der Waals surface area contributed by atoms with Gasteiger partial charge in [-0.1, -0.05) is 47.5 Å². The summed E-state index contributed by atoms with van der Waals surface area (Å²) in [5.41, 5.74) is 14.2. The molecule has 2 fully saturated rings. The molecule has 0 aromatic heterocycles. The number of piperidine rings is 2. The van der Waals surface area contributed by atoms with Crippen molar-refractivity contribution in [1.82, 2.24) is 10.2 Å². The van der Waals surface area contributed by atoms with Crippen LogP contribution in [0.4, 0.5) is 4.79 Å². The Hall–Kier alpha value is -1.83. The Kier molecular flexibility index (Phi) is 10.3. The highest BCUT2D eigenvalue weighted by Gasteiger charge is 2.37. The molecule has 0 aliphatic carbocycles. The molecule has 0 spiro atoms. The molecule has 204 valence electrons. The third-order valence-corrected chi connectivity index (χ3v) is 8.13. The van der Waals surface area contributed by atoms with Gasteiger partial charge in [-0.15, -0.1) is 0 Å². The molecule has 37 heavy (non-hydrogen) atoms. The Balaban J connectivity index is 0.000000220. The van der Waals surface area contributed by atoms with E-state index in [1.807, 2.05) is 57.2 Å². The number of amides is 1. The first kappa shape index (κ1) is 29.7. The van der Waals surface area contributed by atoms with Gasteiger partial charge in [0.2, 0.25) is 0 Å². The number of nitrogens with one attached hydrogen (secondary N) is 1. The van der Waals surface area contributed by atoms with Crippen LogP contribution in [0.5, 0.6) is 0 Å². The second kappa shape index (κ2) is 12.8. The van der Waals surface area contributed by atoms with Gasteiger partial charge < -0.3 is 26.4 Å². The van der Waals surface area contributed by atoms with Crippen LogP contribution >= 0.6 is 23.2 Å². The highest BCUT2D eigenvalue weighted by Crippen LogP contribution is 2.36. The molecule has 2 heterocycles. The quantitative estimate of drug-likeness (QED) is 0.469. The predicted octanol–water partition coefficient (Wildman–Crippen LogP) is 5.49. The fourth-order valence-corrected chi connectivity index (χ4v) is 5.43. The lowest BCUT2D eigenvalue weighted by atomic mass is 9.73. The van der Waals surface area contributed by atoms with E-state index in [1.165, 1.54) is 11.1 Å². The minimum absolute atomic E-state index is 0.0803. The molecular formula is C29H42Cl2N4O2. The molecule has 4 rings (SSSR count). The van der Waals surface area contributed by atoms with Crippen molar-refractivity contribution in [3.05, 3.63) is 69.7 Å². The van der Waals surface area contributed by atoms with Gasteiger partial charge in [-0.05, 0) is 94.9 Å². The standard InChI is InChI=1S/C17H25ClN2O2.C12H17ClN2/c1-16(2,3)22-15(21)20-10-8-17(12-19,9-11-20)13-4-6-14(18)7-5-13;13-11-3-1-10(2-4-11)12(9-14)5-7-15-8-6-12/h4-7H,8-12,19H2,1-3H3;1-4,15H,5-9,14H2. The van der Waals surface area contributed by atoms with Crippen molar-refractivity contribution in [3.8, 4) is 0 Å². The van der Waals surface area contributed by atoms with E-state index < -0.39 is 5.60 Å². The SMILES string of the molecule is CC(C)(C)OC(=O)N1CCC(CN)(c2ccc(Cl)cc2)CC1.NCC1(c2ccc(Cl)cc2)CCNCC1. The number of halogens is 2. The largest absolute Gasteiger partial charge is 0.444 e. The Morgan fingerprint density at radius 1 is 0.838 bits per heavy atom. The molecule has 1 amide bonds. The van der Waals surface area contributed by atoms with E-state index in [2.05, 4.69) is 17.4 Å². The normalized spacial score (nSPS) is 18.9. The molecule has 2 saturated heterocycles. The van der Waals surface area contributed by atoms with Crippen molar-refractivity contribution in [1.29, 1.82) is 0 Å². The van der Waals surface area contributed by atoms with Crippen molar-refractivity contribution in [2.24, 2.45) is 11.5 Å². The molecule has 2 aromatic rings. The molecule has 2 aromatic carbocycles. The van der Waals surface area contributed by atoms with Gasteiger partial charge in [-0.25, -0.2) is 4.79 Å². The molecule has 8 heteroatoms. The summed E-state index contributed by atoms with van der Waals surface area (Å²) >= 11 is 11.9. The number of hydrogen-bond donors (Lipinski definition) is 3. The monoisotopic (exact) mass is 548 g/mol. The number of nitrogens with zero attached hydrogens (tertiary/aromatic N) is 1. The third-order valence-electron chi connectivity index (χ3n) is 7.63. The maximum Gasteiger partial charge on any atom is 0.410 e. The van der Waals surface area contributed by atoms with Crippen LogP contribution in [0.1, 0.15) is 57.6 Å². The smallest absolute Gasteiger partial charge is 0.410 e. The van der Waals surface area contributed by atoms with Gasteiger partial charge in [0.25, 0.3) is 0 Å². The first-order chi connectivity index (χ1) is 17.5. The number of benzene rings is 2.